The maximum atomic E-state index is 11.9. The van der Waals surface area contributed by atoms with Crippen molar-refractivity contribution < 1.29 is 4.79 Å². The summed E-state index contributed by atoms with van der Waals surface area (Å²) >= 11 is 0. The lowest BCUT2D eigenvalue weighted by Crippen LogP contribution is -2.24. The van der Waals surface area contributed by atoms with E-state index in [1.165, 1.54) is 18.4 Å². The van der Waals surface area contributed by atoms with Crippen LogP contribution in [0, 0.1) is 18.3 Å². The Morgan fingerprint density at radius 3 is 2.63 bits per heavy atom. The van der Waals surface area contributed by atoms with Gasteiger partial charge in [-0.2, -0.15) is 0 Å². The molecule has 1 heterocycles. The number of hydrogen-bond donors (Lipinski definition) is 1. The predicted octanol–water partition coefficient (Wildman–Crippen LogP) is 1.92. The van der Waals surface area contributed by atoms with Crippen molar-refractivity contribution in [2.75, 3.05) is 11.4 Å². The van der Waals surface area contributed by atoms with E-state index in [1.807, 2.05) is 12.1 Å². The molecule has 1 aliphatic heterocycles. The Balaban J connectivity index is 1.65. The van der Waals surface area contributed by atoms with Crippen LogP contribution >= 0.6 is 0 Å². The molecular formula is C16H18N2O. The zero-order valence-electron chi connectivity index (χ0n) is 10.9. The Bertz CT molecular complexity index is 511. The average Bonchev–Trinajstić information content (AvgIpc) is 3.19. The highest BCUT2D eigenvalue weighted by atomic mass is 16.2. The van der Waals surface area contributed by atoms with Crippen LogP contribution in [0.15, 0.2) is 24.3 Å². The second-order valence-electron chi connectivity index (χ2n) is 5.39. The monoisotopic (exact) mass is 254 g/mol. The molecule has 3 nitrogen and oxygen atoms in total. The van der Waals surface area contributed by atoms with Gasteiger partial charge in [0.25, 0.3) is 0 Å². The molecule has 19 heavy (non-hydrogen) atoms. The van der Waals surface area contributed by atoms with Gasteiger partial charge in [-0.1, -0.05) is 12.1 Å². The molecule has 0 bridgehead atoms. The Hall–Kier alpha value is -1.79. The van der Waals surface area contributed by atoms with Gasteiger partial charge in [-0.25, -0.2) is 0 Å². The molecule has 1 saturated carbocycles. The van der Waals surface area contributed by atoms with Crippen LogP contribution in [0.4, 0.5) is 5.69 Å². The van der Waals surface area contributed by atoms with Crippen LogP contribution in [0.5, 0.6) is 0 Å². The Labute approximate surface area is 114 Å². The van der Waals surface area contributed by atoms with Crippen molar-refractivity contribution in [1.29, 1.82) is 0 Å². The molecule has 3 heteroatoms. The van der Waals surface area contributed by atoms with Gasteiger partial charge in [-0.05, 0) is 30.5 Å². The van der Waals surface area contributed by atoms with Crippen molar-refractivity contribution in [3.05, 3.63) is 29.8 Å². The summed E-state index contributed by atoms with van der Waals surface area (Å²) in [6, 6.07) is 8.92. The summed E-state index contributed by atoms with van der Waals surface area (Å²) < 4.78 is 0. The summed E-state index contributed by atoms with van der Waals surface area (Å²) in [4.78, 5) is 13.7. The topological polar surface area (TPSA) is 32.3 Å². The van der Waals surface area contributed by atoms with Crippen LogP contribution < -0.4 is 10.2 Å². The second kappa shape index (κ2) is 5.07. The lowest BCUT2D eigenvalue weighted by atomic mass is 10.1. The van der Waals surface area contributed by atoms with Crippen LogP contribution in [-0.4, -0.2) is 18.5 Å². The van der Waals surface area contributed by atoms with Gasteiger partial charge < -0.3 is 10.2 Å². The van der Waals surface area contributed by atoms with Crippen LogP contribution in [0.3, 0.4) is 0 Å². The summed E-state index contributed by atoms with van der Waals surface area (Å²) in [5.41, 5.74) is 2.22. The largest absolute Gasteiger partial charge is 0.311 e. The minimum Gasteiger partial charge on any atom is -0.311 e. The molecule has 98 valence electrons. The minimum atomic E-state index is 0.0590. The number of hydrogen-bond acceptors (Lipinski definition) is 2. The summed E-state index contributed by atoms with van der Waals surface area (Å²) in [5, 5.41) is 3.48. The zero-order chi connectivity index (χ0) is 13.2. The average molecular weight is 254 g/mol. The van der Waals surface area contributed by atoms with Crippen molar-refractivity contribution in [2.24, 2.45) is 5.92 Å². The van der Waals surface area contributed by atoms with Crippen LogP contribution in [-0.2, 0) is 11.3 Å². The molecule has 1 amide bonds. The van der Waals surface area contributed by atoms with E-state index in [1.54, 1.807) is 4.90 Å². The number of nitrogens with one attached hydrogen (secondary N) is 1. The molecule has 1 N–H and O–H groups in total. The number of carbonyl (C=O) groups excluding carboxylic acids is 1. The van der Waals surface area contributed by atoms with Crippen molar-refractivity contribution in [1.82, 2.24) is 5.32 Å². The third kappa shape index (κ3) is 2.80. The fourth-order valence-electron chi connectivity index (χ4n) is 2.41. The van der Waals surface area contributed by atoms with Crippen molar-refractivity contribution in [3.8, 4) is 12.3 Å². The highest BCUT2D eigenvalue weighted by Gasteiger charge is 2.29. The third-order valence-electron chi connectivity index (χ3n) is 3.78. The first-order chi connectivity index (χ1) is 9.26. The molecule has 2 fully saturated rings. The van der Waals surface area contributed by atoms with E-state index in [4.69, 9.17) is 6.42 Å². The first-order valence-electron chi connectivity index (χ1n) is 6.85. The van der Waals surface area contributed by atoms with Gasteiger partial charge in [0.2, 0.25) is 5.91 Å². The van der Waals surface area contributed by atoms with E-state index < -0.39 is 0 Å². The first-order valence-corrected chi connectivity index (χ1v) is 6.85. The van der Waals surface area contributed by atoms with Crippen molar-refractivity contribution >= 4 is 11.6 Å². The second-order valence-corrected chi connectivity index (χ2v) is 5.39. The van der Waals surface area contributed by atoms with Gasteiger partial charge in [-0.3, -0.25) is 4.79 Å². The van der Waals surface area contributed by atoms with E-state index in [0.29, 0.717) is 13.0 Å². The molecule has 0 aromatic heterocycles. The van der Waals surface area contributed by atoms with Crippen LogP contribution in [0.25, 0.3) is 0 Å². The van der Waals surface area contributed by atoms with Gasteiger partial charge >= 0.3 is 0 Å². The standard InChI is InChI=1S/C16H18N2O/c1-2-12-9-16(19)18(11-12)15-7-3-13(4-8-15)10-17-14-5-6-14/h1,3-4,7-8,12,14,17H,5-6,9-11H2. The molecule has 2 aliphatic rings. The lowest BCUT2D eigenvalue weighted by molar-refractivity contribution is -0.117. The summed E-state index contributed by atoms with van der Waals surface area (Å²) in [5.74, 6) is 2.86. The van der Waals surface area contributed by atoms with Crippen molar-refractivity contribution in [3.63, 3.8) is 0 Å². The van der Waals surface area contributed by atoms with E-state index in [9.17, 15) is 4.79 Å². The Kier molecular flexibility index (Phi) is 3.27. The maximum absolute atomic E-state index is 11.9. The van der Waals surface area contributed by atoms with Gasteiger partial charge in [0, 0.05) is 37.2 Å². The molecule has 1 aromatic rings. The van der Waals surface area contributed by atoms with E-state index >= 15 is 0 Å². The van der Waals surface area contributed by atoms with Gasteiger partial charge in [0.15, 0.2) is 0 Å². The summed E-state index contributed by atoms with van der Waals surface area (Å²) in [6.07, 6.45) is 8.47. The van der Waals surface area contributed by atoms with E-state index in [0.717, 1.165) is 18.3 Å². The fourth-order valence-corrected chi connectivity index (χ4v) is 2.41. The first kappa shape index (κ1) is 12.3. The highest BCUT2D eigenvalue weighted by molar-refractivity contribution is 5.96. The molecule has 1 aliphatic carbocycles. The Morgan fingerprint density at radius 1 is 1.32 bits per heavy atom. The normalized spacial score (nSPS) is 22.6. The maximum Gasteiger partial charge on any atom is 0.228 e. The fraction of sp³-hybridized carbons (Fsp3) is 0.438. The number of rotatable bonds is 4. The molecule has 1 unspecified atom stereocenters. The summed E-state index contributed by atoms with van der Waals surface area (Å²) in [7, 11) is 0. The lowest BCUT2D eigenvalue weighted by Gasteiger charge is -2.16. The van der Waals surface area contributed by atoms with Crippen LogP contribution in [0.1, 0.15) is 24.8 Å². The number of nitrogens with zero attached hydrogens (tertiary/aromatic N) is 1. The van der Waals surface area contributed by atoms with Gasteiger partial charge in [0.1, 0.15) is 0 Å². The number of terminal acetylenes is 1. The predicted molar refractivity (Wildman–Crippen MR) is 75.6 cm³/mol. The van der Waals surface area contributed by atoms with Gasteiger partial charge in [0.05, 0.1) is 0 Å². The van der Waals surface area contributed by atoms with Crippen molar-refractivity contribution in [2.45, 2.75) is 31.8 Å². The van der Waals surface area contributed by atoms with Gasteiger partial charge in [-0.15, -0.1) is 12.3 Å². The molecule has 1 atom stereocenters. The third-order valence-corrected chi connectivity index (χ3v) is 3.78. The Morgan fingerprint density at radius 2 is 2.05 bits per heavy atom. The molecule has 0 radical (unpaired) electrons. The zero-order valence-corrected chi connectivity index (χ0v) is 10.9. The van der Waals surface area contributed by atoms with E-state index in [-0.39, 0.29) is 11.8 Å². The number of carbonyl (C=O) groups is 1. The SMILES string of the molecule is C#CC1CC(=O)N(c2ccc(CNC3CC3)cc2)C1. The number of anilines is 1. The molecular weight excluding hydrogens is 236 g/mol. The summed E-state index contributed by atoms with van der Waals surface area (Å²) in [6.45, 7) is 1.56. The smallest absolute Gasteiger partial charge is 0.228 e. The number of benzene rings is 1. The van der Waals surface area contributed by atoms with E-state index in [2.05, 4.69) is 23.4 Å². The molecule has 3 rings (SSSR count). The minimum absolute atomic E-state index is 0.0590. The molecule has 1 aromatic carbocycles. The highest BCUT2D eigenvalue weighted by Crippen LogP contribution is 2.25. The van der Waals surface area contributed by atoms with Crippen LogP contribution in [0.2, 0.25) is 0 Å². The molecule has 1 saturated heterocycles. The molecule has 0 spiro atoms. The number of amides is 1. The quantitative estimate of drug-likeness (QED) is 0.833.